The summed E-state index contributed by atoms with van der Waals surface area (Å²) in [6.45, 7) is 2.72. The first kappa shape index (κ1) is 14.0. The van der Waals surface area contributed by atoms with Crippen LogP contribution in [0.4, 0.5) is 10.3 Å². The average Bonchev–Trinajstić information content (AvgIpc) is 2.47. The van der Waals surface area contributed by atoms with Gasteiger partial charge in [-0.25, -0.2) is 4.39 Å². The lowest BCUT2D eigenvalue weighted by Crippen LogP contribution is -2.07. The zero-order valence-corrected chi connectivity index (χ0v) is 11.3. The molecule has 1 aromatic carbocycles. The minimum absolute atomic E-state index is 0.0273. The lowest BCUT2D eigenvalue weighted by molar-refractivity contribution is 0.355. The van der Waals surface area contributed by atoms with Crippen molar-refractivity contribution >= 4 is 5.95 Å². The second kappa shape index (κ2) is 6.65. The summed E-state index contributed by atoms with van der Waals surface area (Å²) in [4.78, 5) is 12.0. The second-order valence-corrected chi connectivity index (χ2v) is 3.89. The van der Waals surface area contributed by atoms with E-state index in [0.717, 1.165) is 6.42 Å². The number of rotatable bonds is 6. The maximum absolute atomic E-state index is 13.5. The standard InChI is InChI=1S/C13H15FN4O2/c1-3-8-15-11-16-12(19-2)18-13(17-11)20-10-7-5-4-6-9(10)14/h4-7H,3,8H2,1-2H3,(H,15,16,17,18). The number of hydrogen-bond donors (Lipinski definition) is 1. The molecule has 1 N–H and O–H groups in total. The third-order valence-corrected chi connectivity index (χ3v) is 2.35. The fourth-order valence-corrected chi connectivity index (χ4v) is 1.42. The molecule has 0 atom stereocenters. The SMILES string of the molecule is CCCNc1nc(OC)nc(Oc2ccccc2F)n1. The Kier molecular flexibility index (Phi) is 4.65. The molecule has 0 amide bonds. The summed E-state index contributed by atoms with van der Waals surface area (Å²) in [5.41, 5.74) is 0. The van der Waals surface area contributed by atoms with Gasteiger partial charge in [0.1, 0.15) is 0 Å². The van der Waals surface area contributed by atoms with Gasteiger partial charge in [0.15, 0.2) is 11.6 Å². The molecule has 0 saturated heterocycles. The van der Waals surface area contributed by atoms with E-state index in [9.17, 15) is 4.39 Å². The molecular formula is C13H15FN4O2. The smallest absolute Gasteiger partial charge is 0.330 e. The first-order valence-electron chi connectivity index (χ1n) is 6.19. The van der Waals surface area contributed by atoms with Crippen LogP contribution >= 0.6 is 0 Å². The van der Waals surface area contributed by atoms with Gasteiger partial charge in [-0.15, -0.1) is 4.98 Å². The van der Waals surface area contributed by atoms with E-state index in [0.29, 0.717) is 12.5 Å². The first-order valence-corrected chi connectivity index (χ1v) is 6.19. The van der Waals surface area contributed by atoms with Gasteiger partial charge in [0.05, 0.1) is 7.11 Å². The molecule has 1 heterocycles. The highest BCUT2D eigenvalue weighted by molar-refractivity contribution is 5.31. The number of benzene rings is 1. The lowest BCUT2D eigenvalue weighted by Gasteiger charge is -2.08. The van der Waals surface area contributed by atoms with Crippen molar-refractivity contribution in [2.75, 3.05) is 19.0 Å². The van der Waals surface area contributed by atoms with Crippen molar-refractivity contribution in [3.05, 3.63) is 30.1 Å². The summed E-state index contributed by atoms with van der Waals surface area (Å²) < 4.78 is 23.8. The predicted octanol–water partition coefficient (Wildman–Crippen LogP) is 2.63. The van der Waals surface area contributed by atoms with Crippen LogP contribution in [0.1, 0.15) is 13.3 Å². The molecule has 0 fully saturated rings. The fraction of sp³-hybridized carbons (Fsp3) is 0.308. The number of halogens is 1. The first-order chi connectivity index (χ1) is 9.72. The summed E-state index contributed by atoms with van der Waals surface area (Å²) in [6.07, 6.45) is 0.914. The topological polar surface area (TPSA) is 69.2 Å². The van der Waals surface area contributed by atoms with Gasteiger partial charge in [-0.1, -0.05) is 19.1 Å². The van der Waals surface area contributed by atoms with Crippen molar-refractivity contribution in [2.24, 2.45) is 0 Å². The van der Waals surface area contributed by atoms with E-state index in [4.69, 9.17) is 9.47 Å². The quantitative estimate of drug-likeness (QED) is 0.876. The molecule has 0 bridgehead atoms. The summed E-state index contributed by atoms with van der Waals surface area (Å²) in [5, 5.41) is 2.99. The lowest BCUT2D eigenvalue weighted by atomic mass is 10.3. The molecule has 2 rings (SSSR count). The van der Waals surface area contributed by atoms with Crippen LogP contribution in [0.3, 0.4) is 0 Å². The highest BCUT2D eigenvalue weighted by Gasteiger charge is 2.10. The monoisotopic (exact) mass is 278 g/mol. The number of ether oxygens (including phenoxy) is 2. The number of methoxy groups -OCH3 is 1. The predicted molar refractivity (Wildman–Crippen MR) is 71.6 cm³/mol. The molecule has 0 aliphatic heterocycles. The summed E-state index contributed by atoms with van der Waals surface area (Å²) in [5.74, 6) is -0.123. The van der Waals surface area contributed by atoms with Crippen LogP contribution in [0.25, 0.3) is 0 Å². The largest absolute Gasteiger partial charge is 0.467 e. The number of para-hydroxylation sites is 1. The van der Waals surface area contributed by atoms with Crippen molar-refractivity contribution in [3.63, 3.8) is 0 Å². The number of nitrogens with zero attached hydrogens (tertiary/aromatic N) is 3. The maximum atomic E-state index is 13.5. The normalized spacial score (nSPS) is 10.2. The van der Waals surface area contributed by atoms with E-state index in [-0.39, 0.29) is 17.8 Å². The van der Waals surface area contributed by atoms with Crippen molar-refractivity contribution in [1.82, 2.24) is 15.0 Å². The van der Waals surface area contributed by atoms with Gasteiger partial charge >= 0.3 is 12.0 Å². The zero-order chi connectivity index (χ0) is 14.4. The molecule has 0 spiro atoms. The third kappa shape index (κ3) is 3.53. The third-order valence-electron chi connectivity index (χ3n) is 2.35. The summed E-state index contributed by atoms with van der Waals surface area (Å²) in [6, 6.07) is 6.09. The molecular weight excluding hydrogens is 263 g/mol. The van der Waals surface area contributed by atoms with Crippen molar-refractivity contribution in [3.8, 4) is 17.8 Å². The molecule has 20 heavy (non-hydrogen) atoms. The second-order valence-electron chi connectivity index (χ2n) is 3.89. The van der Waals surface area contributed by atoms with Gasteiger partial charge in [-0.05, 0) is 18.6 Å². The highest BCUT2D eigenvalue weighted by atomic mass is 19.1. The Hall–Kier alpha value is -2.44. The molecule has 0 unspecified atom stereocenters. The Balaban J connectivity index is 2.24. The Morgan fingerprint density at radius 1 is 1.15 bits per heavy atom. The van der Waals surface area contributed by atoms with Crippen molar-refractivity contribution in [1.29, 1.82) is 0 Å². The fourth-order valence-electron chi connectivity index (χ4n) is 1.42. The van der Waals surface area contributed by atoms with Crippen LogP contribution in [0.15, 0.2) is 24.3 Å². The van der Waals surface area contributed by atoms with Gasteiger partial charge in [-0.2, -0.15) is 9.97 Å². The maximum Gasteiger partial charge on any atom is 0.330 e. The Bertz CT molecular complexity index is 580. The van der Waals surface area contributed by atoms with E-state index in [1.54, 1.807) is 12.1 Å². The molecule has 0 aliphatic carbocycles. The zero-order valence-electron chi connectivity index (χ0n) is 11.3. The molecule has 7 heteroatoms. The molecule has 2 aromatic rings. The van der Waals surface area contributed by atoms with Crippen LogP contribution in [-0.2, 0) is 0 Å². The summed E-state index contributed by atoms with van der Waals surface area (Å²) >= 11 is 0. The molecule has 6 nitrogen and oxygen atoms in total. The Morgan fingerprint density at radius 3 is 2.60 bits per heavy atom. The van der Waals surface area contributed by atoms with Crippen molar-refractivity contribution in [2.45, 2.75) is 13.3 Å². The Labute approximate surface area is 116 Å². The van der Waals surface area contributed by atoms with Gasteiger partial charge in [-0.3, -0.25) is 0 Å². The molecule has 0 saturated carbocycles. The highest BCUT2D eigenvalue weighted by Crippen LogP contribution is 2.22. The molecule has 106 valence electrons. The van der Waals surface area contributed by atoms with Gasteiger partial charge in [0, 0.05) is 6.54 Å². The van der Waals surface area contributed by atoms with Crippen LogP contribution < -0.4 is 14.8 Å². The van der Waals surface area contributed by atoms with Crippen LogP contribution in [0, 0.1) is 5.82 Å². The van der Waals surface area contributed by atoms with Crippen LogP contribution in [-0.4, -0.2) is 28.6 Å². The van der Waals surface area contributed by atoms with E-state index < -0.39 is 5.82 Å². The molecule has 0 aliphatic rings. The molecule has 1 aromatic heterocycles. The minimum atomic E-state index is -0.491. The summed E-state index contributed by atoms with van der Waals surface area (Å²) in [7, 11) is 1.44. The van der Waals surface area contributed by atoms with Gasteiger partial charge in [0.25, 0.3) is 0 Å². The van der Waals surface area contributed by atoms with E-state index in [1.165, 1.54) is 19.2 Å². The van der Waals surface area contributed by atoms with Crippen LogP contribution in [0.2, 0.25) is 0 Å². The molecule has 0 radical (unpaired) electrons. The van der Waals surface area contributed by atoms with E-state index in [1.807, 2.05) is 6.92 Å². The number of aromatic nitrogens is 3. The van der Waals surface area contributed by atoms with Gasteiger partial charge < -0.3 is 14.8 Å². The van der Waals surface area contributed by atoms with Gasteiger partial charge in [0.2, 0.25) is 5.95 Å². The average molecular weight is 278 g/mol. The van der Waals surface area contributed by atoms with E-state index in [2.05, 4.69) is 20.3 Å². The number of anilines is 1. The minimum Gasteiger partial charge on any atom is -0.467 e. The van der Waals surface area contributed by atoms with Crippen LogP contribution in [0.5, 0.6) is 17.8 Å². The number of hydrogen-bond acceptors (Lipinski definition) is 6. The van der Waals surface area contributed by atoms with Crippen molar-refractivity contribution < 1.29 is 13.9 Å². The Morgan fingerprint density at radius 2 is 1.90 bits per heavy atom. The van der Waals surface area contributed by atoms with E-state index >= 15 is 0 Å². The number of nitrogens with one attached hydrogen (secondary N) is 1.